The summed E-state index contributed by atoms with van der Waals surface area (Å²) in [6.07, 6.45) is 1.73. The first kappa shape index (κ1) is 23.8. The number of amides is 1. The zero-order valence-corrected chi connectivity index (χ0v) is 20.8. The number of benzene rings is 2. The van der Waals surface area contributed by atoms with Crippen LogP contribution in [0.2, 0.25) is 0 Å². The molecular weight excluding hydrogens is 469 g/mol. The van der Waals surface area contributed by atoms with E-state index in [1.54, 1.807) is 29.2 Å². The summed E-state index contributed by atoms with van der Waals surface area (Å²) in [6, 6.07) is 12.5. The highest BCUT2D eigenvalue weighted by Crippen LogP contribution is 2.34. The van der Waals surface area contributed by atoms with Gasteiger partial charge in [-0.3, -0.25) is 14.3 Å². The molecule has 4 rings (SSSR count). The molecule has 9 heteroatoms. The number of carbonyl (C=O) groups is 1. The van der Waals surface area contributed by atoms with Crippen LogP contribution in [-0.4, -0.2) is 25.7 Å². The normalized spacial score (nSPS) is 10.9. The van der Waals surface area contributed by atoms with Crippen LogP contribution in [-0.2, 0) is 17.1 Å². The summed E-state index contributed by atoms with van der Waals surface area (Å²) < 4.78 is 16.2. The second kappa shape index (κ2) is 10.3. The Morgan fingerprint density at radius 2 is 2.03 bits per heavy atom. The Hall–Kier alpha value is -3.30. The van der Waals surface area contributed by atoms with Crippen LogP contribution in [0.4, 0.5) is 15.2 Å². The van der Waals surface area contributed by atoms with Crippen molar-refractivity contribution in [2.75, 3.05) is 4.90 Å². The topological polar surface area (TPSA) is 63.9 Å². The van der Waals surface area contributed by atoms with Gasteiger partial charge in [-0.05, 0) is 37.6 Å². The number of carbonyl (C=O) groups excluding carboxylic acids is 1. The number of anilines is 2. The van der Waals surface area contributed by atoms with E-state index in [0.717, 1.165) is 22.5 Å². The maximum atomic E-state index is 14.3. The average Bonchev–Trinajstić information content (AvgIpc) is 3.42. The monoisotopic (exact) mass is 493 g/mol. The Morgan fingerprint density at radius 1 is 1.24 bits per heavy atom. The minimum Gasteiger partial charge on any atom is -0.298 e. The maximum absolute atomic E-state index is 14.3. The number of hydrogen-bond acceptors (Lipinski definition) is 6. The van der Waals surface area contributed by atoms with Crippen LogP contribution in [0.15, 0.2) is 65.7 Å². The maximum Gasteiger partial charge on any atom is 0.230 e. The number of allylic oxidation sites excluding steroid dienone is 1. The van der Waals surface area contributed by atoms with Crippen molar-refractivity contribution in [1.29, 1.82) is 0 Å². The molecule has 0 bridgehead atoms. The molecule has 0 saturated carbocycles. The van der Waals surface area contributed by atoms with E-state index in [2.05, 4.69) is 22.8 Å². The van der Waals surface area contributed by atoms with Gasteiger partial charge in [0.15, 0.2) is 16.1 Å². The van der Waals surface area contributed by atoms with E-state index in [1.807, 2.05) is 35.9 Å². The fraction of sp³-hybridized carbons (Fsp3) is 0.200. The summed E-state index contributed by atoms with van der Waals surface area (Å²) in [5.74, 6) is 0.538. The predicted octanol–water partition coefficient (Wildman–Crippen LogP) is 6.32. The van der Waals surface area contributed by atoms with Gasteiger partial charge < -0.3 is 0 Å². The number of rotatable bonds is 8. The summed E-state index contributed by atoms with van der Waals surface area (Å²) in [4.78, 5) is 18.8. The number of aromatic nitrogens is 4. The van der Waals surface area contributed by atoms with Crippen molar-refractivity contribution in [2.45, 2.75) is 38.2 Å². The average molecular weight is 494 g/mol. The molecule has 0 N–H and O–H groups in total. The number of halogens is 1. The lowest BCUT2D eigenvalue weighted by atomic mass is 10.1. The fourth-order valence-electron chi connectivity index (χ4n) is 3.60. The molecule has 0 saturated heterocycles. The molecule has 0 radical (unpaired) electrons. The highest BCUT2D eigenvalue weighted by Gasteiger charge is 2.21. The number of thioether (sulfide) groups is 1. The Morgan fingerprint density at radius 3 is 2.74 bits per heavy atom. The number of nitrogens with zero attached hydrogens (tertiary/aromatic N) is 5. The molecule has 2 heterocycles. The van der Waals surface area contributed by atoms with Crippen LogP contribution >= 0.6 is 23.1 Å². The van der Waals surface area contributed by atoms with Crippen molar-refractivity contribution in [3.63, 3.8) is 0 Å². The van der Waals surface area contributed by atoms with Crippen LogP contribution < -0.4 is 4.90 Å². The molecule has 0 unspecified atom stereocenters. The molecule has 0 spiro atoms. The molecule has 0 atom stereocenters. The first-order valence-electron chi connectivity index (χ1n) is 10.6. The Balaban J connectivity index is 1.57. The molecule has 0 aliphatic heterocycles. The van der Waals surface area contributed by atoms with Crippen LogP contribution in [0.1, 0.15) is 23.7 Å². The molecule has 34 heavy (non-hydrogen) atoms. The van der Waals surface area contributed by atoms with Gasteiger partial charge in [0.05, 0.1) is 16.9 Å². The SMILES string of the molecule is C=CCn1c(SCc2csc(N(C(C)=O)c3ccc(C)cc3C)n2)nnc1-c1ccccc1F. The van der Waals surface area contributed by atoms with Gasteiger partial charge in [-0.1, -0.05) is 47.7 Å². The standard InChI is InChI=1S/C25H24FN5OS2/c1-5-12-30-23(20-8-6-7-9-21(20)26)28-29-25(30)34-15-19-14-33-24(27-19)31(18(4)32)22-11-10-16(2)13-17(22)3/h5-11,13-14H,1,12,15H2,2-4H3. The first-order valence-corrected chi connectivity index (χ1v) is 12.5. The molecule has 2 aromatic heterocycles. The molecule has 0 aliphatic rings. The Bertz CT molecular complexity index is 1350. The van der Waals surface area contributed by atoms with Crippen molar-refractivity contribution < 1.29 is 9.18 Å². The third kappa shape index (κ3) is 4.95. The van der Waals surface area contributed by atoms with E-state index in [0.29, 0.717) is 34.0 Å². The van der Waals surface area contributed by atoms with Crippen LogP contribution in [0.5, 0.6) is 0 Å². The lowest BCUT2D eigenvalue weighted by Crippen LogP contribution is -2.23. The van der Waals surface area contributed by atoms with E-state index in [4.69, 9.17) is 4.98 Å². The van der Waals surface area contributed by atoms with Crippen molar-refractivity contribution in [1.82, 2.24) is 19.7 Å². The highest BCUT2D eigenvalue weighted by atomic mass is 32.2. The van der Waals surface area contributed by atoms with Crippen LogP contribution in [0.25, 0.3) is 11.4 Å². The molecule has 174 valence electrons. The highest BCUT2D eigenvalue weighted by molar-refractivity contribution is 7.98. The second-order valence-corrected chi connectivity index (χ2v) is 9.52. The number of aryl methyl sites for hydroxylation is 2. The van der Waals surface area contributed by atoms with Gasteiger partial charge in [-0.15, -0.1) is 28.1 Å². The van der Waals surface area contributed by atoms with E-state index in [9.17, 15) is 9.18 Å². The lowest BCUT2D eigenvalue weighted by molar-refractivity contribution is -0.115. The van der Waals surface area contributed by atoms with Gasteiger partial charge in [0.2, 0.25) is 5.91 Å². The predicted molar refractivity (Wildman–Crippen MR) is 136 cm³/mol. The van der Waals surface area contributed by atoms with E-state index in [1.165, 1.54) is 36.1 Å². The van der Waals surface area contributed by atoms with Crippen LogP contribution in [0.3, 0.4) is 0 Å². The van der Waals surface area contributed by atoms with Gasteiger partial charge in [-0.25, -0.2) is 9.37 Å². The van der Waals surface area contributed by atoms with Crippen LogP contribution in [0, 0.1) is 19.7 Å². The second-order valence-electron chi connectivity index (χ2n) is 7.74. The van der Waals surface area contributed by atoms with E-state index in [-0.39, 0.29) is 11.7 Å². The van der Waals surface area contributed by atoms with Crippen molar-refractivity contribution >= 4 is 39.8 Å². The van der Waals surface area contributed by atoms with Gasteiger partial charge in [-0.2, -0.15) is 0 Å². The summed E-state index contributed by atoms with van der Waals surface area (Å²) in [7, 11) is 0. The van der Waals surface area contributed by atoms with Gasteiger partial charge in [0, 0.05) is 24.6 Å². The van der Waals surface area contributed by atoms with E-state index < -0.39 is 0 Å². The third-order valence-corrected chi connectivity index (χ3v) is 7.01. The van der Waals surface area contributed by atoms with E-state index >= 15 is 0 Å². The molecular formula is C25H24FN5OS2. The molecule has 4 aromatic rings. The van der Waals surface area contributed by atoms with Gasteiger partial charge in [0.25, 0.3) is 0 Å². The molecule has 0 aliphatic carbocycles. The third-order valence-electron chi connectivity index (χ3n) is 5.13. The number of thiazole rings is 1. The Kier molecular flexibility index (Phi) is 7.23. The lowest BCUT2D eigenvalue weighted by Gasteiger charge is -2.20. The molecule has 0 fully saturated rings. The molecule has 2 aromatic carbocycles. The number of hydrogen-bond donors (Lipinski definition) is 0. The summed E-state index contributed by atoms with van der Waals surface area (Å²) in [5.41, 5.74) is 4.19. The Labute approximate surface area is 206 Å². The van der Waals surface area contributed by atoms with Crippen molar-refractivity contribution in [3.05, 3.63) is 83.1 Å². The zero-order chi connectivity index (χ0) is 24.2. The first-order chi connectivity index (χ1) is 16.4. The summed E-state index contributed by atoms with van der Waals surface area (Å²) >= 11 is 2.88. The fourth-order valence-corrected chi connectivity index (χ4v) is 5.42. The van der Waals surface area contributed by atoms with Gasteiger partial charge in [0.1, 0.15) is 5.82 Å². The minimum atomic E-state index is -0.350. The smallest absolute Gasteiger partial charge is 0.230 e. The summed E-state index contributed by atoms with van der Waals surface area (Å²) in [6.45, 7) is 9.81. The molecule has 6 nitrogen and oxygen atoms in total. The van der Waals surface area contributed by atoms with Crippen molar-refractivity contribution in [2.24, 2.45) is 0 Å². The molecule has 1 amide bonds. The quantitative estimate of drug-likeness (QED) is 0.212. The summed E-state index contributed by atoms with van der Waals surface area (Å²) in [5, 5.41) is 11.7. The van der Waals surface area contributed by atoms with Gasteiger partial charge >= 0.3 is 0 Å². The minimum absolute atomic E-state index is 0.0965. The van der Waals surface area contributed by atoms with Crippen molar-refractivity contribution in [3.8, 4) is 11.4 Å². The zero-order valence-electron chi connectivity index (χ0n) is 19.2. The largest absolute Gasteiger partial charge is 0.298 e.